The predicted molar refractivity (Wildman–Crippen MR) is 105 cm³/mol. The average Bonchev–Trinajstić information content (AvgIpc) is 3.02. The summed E-state index contributed by atoms with van der Waals surface area (Å²) in [5.41, 5.74) is 1.37. The number of nitrogens with zero attached hydrogens (tertiary/aromatic N) is 2. The van der Waals surface area contributed by atoms with E-state index in [1.165, 1.54) is 4.90 Å². The number of carbonyl (C=O) groups is 2. The van der Waals surface area contributed by atoms with Crippen LogP contribution in [0.5, 0.6) is 11.5 Å². The fraction of sp³-hybridized carbons (Fsp3) is 0.333. The highest BCUT2D eigenvalue weighted by molar-refractivity contribution is 6.21. The Bertz CT molecular complexity index is 893. The summed E-state index contributed by atoms with van der Waals surface area (Å²) in [6.07, 6.45) is 0.224. The predicted octanol–water partition coefficient (Wildman–Crippen LogP) is 0.438. The van der Waals surface area contributed by atoms with Gasteiger partial charge in [-0.3, -0.25) is 9.59 Å². The Balaban J connectivity index is 1.45. The van der Waals surface area contributed by atoms with Gasteiger partial charge in [-0.25, -0.2) is 4.90 Å². The zero-order valence-corrected chi connectivity index (χ0v) is 15.8. The van der Waals surface area contributed by atoms with Gasteiger partial charge in [0.05, 0.1) is 51.1 Å². The van der Waals surface area contributed by atoms with Crippen LogP contribution in [0.15, 0.2) is 48.5 Å². The van der Waals surface area contributed by atoms with Crippen molar-refractivity contribution in [3.63, 3.8) is 0 Å². The van der Waals surface area contributed by atoms with Gasteiger partial charge in [-0.15, -0.1) is 0 Å². The Morgan fingerprint density at radius 3 is 2.54 bits per heavy atom. The monoisotopic (exact) mass is 382 g/mol. The minimum absolute atomic E-state index is 0.149. The Morgan fingerprint density at radius 1 is 1.07 bits per heavy atom. The molecule has 0 bridgehead atoms. The third-order valence-electron chi connectivity index (χ3n) is 5.58. The highest BCUT2D eigenvalue weighted by atomic mass is 16.5. The maximum Gasteiger partial charge on any atom is 0.292 e. The molecule has 146 valence electrons. The molecule has 0 spiro atoms. The summed E-state index contributed by atoms with van der Waals surface area (Å²) in [7, 11) is 1.56. The van der Waals surface area contributed by atoms with Gasteiger partial charge in [0.1, 0.15) is 11.5 Å². The molecule has 0 radical (unpaired) electrons. The van der Waals surface area contributed by atoms with Crippen molar-refractivity contribution >= 4 is 23.2 Å². The molecular formula is C21H24N3O4+. The number of aromatic hydroxyl groups is 1. The van der Waals surface area contributed by atoms with Gasteiger partial charge in [-0.05, 0) is 24.3 Å². The number of methoxy groups -OCH3 is 1. The van der Waals surface area contributed by atoms with E-state index in [0.717, 1.165) is 36.8 Å². The van der Waals surface area contributed by atoms with E-state index >= 15 is 0 Å². The van der Waals surface area contributed by atoms with Crippen LogP contribution in [0.2, 0.25) is 0 Å². The number of amides is 2. The standard InChI is InChI=1S/C21H23N3O4/c1-28-16-6-4-5-15(13-16)24-20(26)14-18(21(24)27)23-11-9-22(10-12-23)17-7-2-3-8-19(17)25/h2-8,13,18,25H,9-12,14H2,1H3/p+1/t18-/m0/s1. The van der Waals surface area contributed by atoms with E-state index in [1.807, 2.05) is 12.1 Å². The van der Waals surface area contributed by atoms with Gasteiger partial charge in [-0.1, -0.05) is 18.2 Å². The summed E-state index contributed by atoms with van der Waals surface area (Å²) in [4.78, 5) is 30.1. The van der Waals surface area contributed by atoms with Crippen LogP contribution >= 0.6 is 0 Å². The molecule has 2 aromatic rings. The molecule has 2 amide bonds. The zero-order chi connectivity index (χ0) is 19.7. The second kappa shape index (κ2) is 7.52. The van der Waals surface area contributed by atoms with Crippen LogP contribution in [-0.4, -0.2) is 56.3 Å². The molecule has 0 unspecified atom stereocenters. The molecule has 2 N–H and O–H groups in total. The molecule has 2 aliphatic rings. The van der Waals surface area contributed by atoms with Crippen LogP contribution in [0, 0.1) is 0 Å². The number of para-hydroxylation sites is 2. The summed E-state index contributed by atoms with van der Waals surface area (Å²) in [5, 5.41) is 10.1. The Hall–Kier alpha value is -3.06. The Labute approximate surface area is 163 Å². The van der Waals surface area contributed by atoms with Gasteiger partial charge in [-0.2, -0.15) is 0 Å². The second-order valence-corrected chi connectivity index (χ2v) is 7.16. The van der Waals surface area contributed by atoms with Crippen LogP contribution in [0.4, 0.5) is 11.4 Å². The van der Waals surface area contributed by atoms with E-state index in [4.69, 9.17) is 4.74 Å². The molecule has 2 fully saturated rings. The number of hydrogen-bond donors (Lipinski definition) is 2. The number of ether oxygens (including phenoxy) is 1. The molecule has 1 atom stereocenters. The fourth-order valence-electron chi connectivity index (χ4n) is 4.09. The lowest BCUT2D eigenvalue weighted by molar-refractivity contribution is -0.915. The van der Waals surface area contributed by atoms with Crippen molar-refractivity contribution in [2.45, 2.75) is 12.5 Å². The smallest absolute Gasteiger partial charge is 0.292 e. The van der Waals surface area contributed by atoms with Gasteiger partial charge in [0.15, 0.2) is 6.04 Å². The molecule has 0 saturated carbocycles. The van der Waals surface area contributed by atoms with Crippen molar-refractivity contribution in [2.75, 3.05) is 43.1 Å². The molecule has 7 nitrogen and oxygen atoms in total. The topological polar surface area (TPSA) is 74.5 Å². The van der Waals surface area contributed by atoms with Crippen molar-refractivity contribution < 1.29 is 24.3 Å². The first-order chi connectivity index (χ1) is 13.6. The summed E-state index contributed by atoms with van der Waals surface area (Å²) < 4.78 is 5.21. The molecule has 7 heteroatoms. The highest BCUT2D eigenvalue weighted by Gasteiger charge is 2.46. The first kappa shape index (κ1) is 18.3. The van der Waals surface area contributed by atoms with E-state index in [9.17, 15) is 14.7 Å². The number of hydrogen-bond acceptors (Lipinski definition) is 5. The zero-order valence-electron chi connectivity index (χ0n) is 15.8. The number of rotatable bonds is 4. The minimum Gasteiger partial charge on any atom is -0.506 e. The molecular weight excluding hydrogens is 358 g/mol. The Morgan fingerprint density at radius 2 is 1.82 bits per heavy atom. The van der Waals surface area contributed by atoms with E-state index in [1.54, 1.807) is 43.5 Å². The number of quaternary nitrogens is 1. The van der Waals surface area contributed by atoms with Crippen LogP contribution < -0.4 is 19.4 Å². The first-order valence-corrected chi connectivity index (χ1v) is 9.47. The lowest BCUT2D eigenvalue weighted by Crippen LogP contribution is -3.19. The average molecular weight is 382 g/mol. The highest BCUT2D eigenvalue weighted by Crippen LogP contribution is 2.27. The van der Waals surface area contributed by atoms with Gasteiger partial charge < -0.3 is 19.6 Å². The lowest BCUT2D eigenvalue weighted by Gasteiger charge is -2.35. The number of imide groups is 1. The van der Waals surface area contributed by atoms with E-state index in [2.05, 4.69) is 4.90 Å². The lowest BCUT2D eigenvalue weighted by atomic mass is 10.1. The molecule has 0 aromatic heterocycles. The number of phenols is 1. The SMILES string of the molecule is COc1cccc(N2C(=O)C[C@H]([NH+]3CCN(c4ccccc4O)CC3)C2=O)c1. The number of piperazine rings is 1. The van der Waals surface area contributed by atoms with Gasteiger partial charge in [0, 0.05) is 6.07 Å². The van der Waals surface area contributed by atoms with Crippen molar-refractivity contribution in [1.82, 2.24) is 0 Å². The molecule has 0 aliphatic carbocycles. The van der Waals surface area contributed by atoms with Crippen LogP contribution in [0.25, 0.3) is 0 Å². The molecule has 4 rings (SSSR count). The van der Waals surface area contributed by atoms with Crippen molar-refractivity contribution in [3.05, 3.63) is 48.5 Å². The quantitative estimate of drug-likeness (QED) is 0.751. The number of carbonyl (C=O) groups excluding carboxylic acids is 2. The third-order valence-corrected chi connectivity index (χ3v) is 5.58. The number of anilines is 2. The van der Waals surface area contributed by atoms with Crippen LogP contribution in [0.1, 0.15) is 6.42 Å². The largest absolute Gasteiger partial charge is 0.506 e. The van der Waals surface area contributed by atoms with Gasteiger partial charge in [0.2, 0.25) is 5.91 Å². The molecule has 2 aromatic carbocycles. The number of nitrogens with one attached hydrogen (secondary N) is 1. The minimum atomic E-state index is -0.356. The summed E-state index contributed by atoms with van der Waals surface area (Å²) >= 11 is 0. The van der Waals surface area contributed by atoms with Crippen molar-refractivity contribution in [2.24, 2.45) is 0 Å². The molecule has 2 heterocycles. The maximum atomic E-state index is 13.0. The van der Waals surface area contributed by atoms with E-state index in [0.29, 0.717) is 11.4 Å². The van der Waals surface area contributed by atoms with Crippen LogP contribution in [0.3, 0.4) is 0 Å². The molecule has 2 saturated heterocycles. The number of phenolic OH excluding ortho intramolecular Hbond substituents is 1. The van der Waals surface area contributed by atoms with Gasteiger partial charge in [0.25, 0.3) is 5.91 Å². The summed E-state index contributed by atoms with van der Waals surface area (Å²) in [5.74, 6) is 0.565. The first-order valence-electron chi connectivity index (χ1n) is 9.47. The maximum absolute atomic E-state index is 13.0. The third kappa shape index (κ3) is 3.29. The molecule has 28 heavy (non-hydrogen) atoms. The van der Waals surface area contributed by atoms with E-state index in [-0.39, 0.29) is 30.0 Å². The van der Waals surface area contributed by atoms with E-state index < -0.39 is 0 Å². The summed E-state index contributed by atoms with van der Waals surface area (Å²) in [6, 6.07) is 14.0. The fourth-order valence-corrected chi connectivity index (χ4v) is 4.09. The summed E-state index contributed by atoms with van der Waals surface area (Å²) in [6.45, 7) is 2.93. The van der Waals surface area contributed by atoms with Crippen molar-refractivity contribution in [1.29, 1.82) is 0 Å². The Kier molecular flexibility index (Phi) is 4.92. The second-order valence-electron chi connectivity index (χ2n) is 7.16. The van der Waals surface area contributed by atoms with Crippen molar-refractivity contribution in [3.8, 4) is 11.5 Å². The molecule has 2 aliphatic heterocycles. The van der Waals surface area contributed by atoms with Gasteiger partial charge >= 0.3 is 0 Å². The van der Waals surface area contributed by atoms with Crippen LogP contribution in [-0.2, 0) is 9.59 Å². The number of benzene rings is 2. The normalized spacial score (nSPS) is 20.7.